The number of aliphatic carboxylic acids is 1. The average molecular weight is 301 g/mol. The topological polar surface area (TPSA) is 89.4 Å². The molecule has 4 heteroatoms. The van der Waals surface area contributed by atoms with Gasteiger partial charge in [-0.2, -0.15) is 0 Å². The fourth-order valence-electron chi connectivity index (χ4n) is 2.32. The Labute approximate surface area is 130 Å². The van der Waals surface area contributed by atoms with Crippen LogP contribution >= 0.6 is 0 Å². The van der Waals surface area contributed by atoms with E-state index in [0.717, 1.165) is 12.8 Å². The third kappa shape index (κ3) is 13.8. The Morgan fingerprint density at radius 2 is 1.19 bits per heavy atom. The molecule has 0 rings (SSSR count). The largest absolute Gasteiger partial charge is 0.481 e. The lowest BCUT2D eigenvalue weighted by molar-refractivity contribution is -0.145. The minimum atomic E-state index is -1.00. The van der Waals surface area contributed by atoms with Crippen molar-refractivity contribution in [2.75, 3.05) is 0 Å². The number of carbonyl (C=O) groups is 2. The van der Waals surface area contributed by atoms with Crippen molar-refractivity contribution >= 4 is 11.8 Å². The summed E-state index contributed by atoms with van der Waals surface area (Å²) >= 11 is 0. The second-order valence-electron chi connectivity index (χ2n) is 5.81. The molecule has 0 saturated carbocycles. The fourth-order valence-corrected chi connectivity index (χ4v) is 2.32. The van der Waals surface area contributed by atoms with E-state index in [1.807, 2.05) is 0 Å². The summed E-state index contributed by atoms with van der Waals surface area (Å²) in [5.41, 5.74) is 0. The van der Waals surface area contributed by atoms with Gasteiger partial charge in [0.15, 0.2) is 0 Å². The van der Waals surface area contributed by atoms with E-state index in [1.54, 1.807) is 0 Å². The molecule has 0 radical (unpaired) electrons. The zero-order valence-electron chi connectivity index (χ0n) is 14.0. The van der Waals surface area contributed by atoms with Gasteiger partial charge in [-0.05, 0) is 13.3 Å². The van der Waals surface area contributed by atoms with Crippen molar-refractivity contribution in [3.63, 3.8) is 0 Å². The molecule has 0 aromatic heterocycles. The number of hydrogen-bond acceptors (Lipinski definition) is 3. The van der Waals surface area contributed by atoms with Gasteiger partial charge in [0.2, 0.25) is 0 Å². The smallest absolute Gasteiger partial charge is 0.313 e. The maximum atomic E-state index is 11.5. The summed E-state index contributed by atoms with van der Waals surface area (Å²) < 4.78 is 0. The van der Waals surface area contributed by atoms with Gasteiger partial charge >= 0.3 is 5.97 Å². The fraction of sp³-hybridized carbons (Fsp3) is 0.882. The van der Waals surface area contributed by atoms with Gasteiger partial charge in [0.1, 0.15) is 11.7 Å². The van der Waals surface area contributed by atoms with Crippen molar-refractivity contribution in [2.45, 2.75) is 90.9 Å². The predicted octanol–water partition coefficient (Wildman–Crippen LogP) is 5.14. The first kappa shape index (κ1) is 22.4. The van der Waals surface area contributed by atoms with Crippen LogP contribution in [0, 0.1) is 5.92 Å². The Morgan fingerprint density at radius 3 is 1.57 bits per heavy atom. The lowest BCUT2D eigenvalue weighted by atomic mass is 10.00. The SMILES string of the molecule is CCCCCCCCCCCCCC(=O)C(C)C(=O)O.N. The van der Waals surface area contributed by atoms with Gasteiger partial charge in [0.05, 0.1) is 0 Å². The first-order valence-electron chi connectivity index (χ1n) is 8.35. The summed E-state index contributed by atoms with van der Waals surface area (Å²) in [6.45, 7) is 3.71. The molecule has 1 unspecified atom stereocenters. The molecule has 0 aliphatic heterocycles. The van der Waals surface area contributed by atoms with Gasteiger partial charge in [-0.3, -0.25) is 9.59 Å². The van der Waals surface area contributed by atoms with Crippen LogP contribution in [0.15, 0.2) is 0 Å². The molecule has 0 aromatic carbocycles. The highest BCUT2D eigenvalue weighted by Gasteiger charge is 2.19. The highest BCUT2D eigenvalue weighted by molar-refractivity contribution is 5.97. The molecule has 0 aliphatic carbocycles. The number of rotatable bonds is 14. The summed E-state index contributed by atoms with van der Waals surface area (Å²) in [7, 11) is 0. The van der Waals surface area contributed by atoms with Crippen molar-refractivity contribution in [3.05, 3.63) is 0 Å². The van der Waals surface area contributed by atoms with E-state index in [-0.39, 0.29) is 11.9 Å². The summed E-state index contributed by atoms with van der Waals surface area (Å²) in [6, 6.07) is 0. The Balaban J connectivity index is 0. The standard InChI is InChI=1S/C17H32O3.H3N/c1-3-4-5-6-7-8-9-10-11-12-13-14-16(18)15(2)17(19)20;/h15H,3-14H2,1-2H3,(H,19,20);1H3. The minimum Gasteiger partial charge on any atom is -0.481 e. The third-order valence-corrected chi connectivity index (χ3v) is 3.88. The predicted molar refractivity (Wildman–Crippen MR) is 87.9 cm³/mol. The van der Waals surface area contributed by atoms with Crippen molar-refractivity contribution in [2.24, 2.45) is 5.92 Å². The number of Topliss-reactive ketones (excluding diaryl/α,β-unsaturated/α-hetero) is 1. The second-order valence-corrected chi connectivity index (χ2v) is 5.81. The summed E-state index contributed by atoms with van der Waals surface area (Å²) in [5.74, 6) is -1.97. The summed E-state index contributed by atoms with van der Waals surface area (Å²) in [4.78, 5) is 22.1. The van der Waals surface area contributed by atoms with Crippen LogP contribution in [0.2, 0.25) is 0 Å². The quantitative estimate of drug-likeness (QED) is 0.343. The molecule has 0 saturated heterocycles. The zero-order chi connectivity index (χ0) is 15.2. The molecular formula is C17H35NO3. The number of carboxylic acid groups (broad SMARTS) is 1. The van der Waals surface area contributed by atoms with Crippen molar-refractivity contribution < 1.29 is 14.7 Å². The van der Waals surface area contributed by atoms with E-state index in [4.69, 9.17) is 5.11 Å². The first-order valence-corrected chi connectivity index (χ1v) is 8.35. The normalized spacial score (nSPS) is 11.7. The Hall–Kier alpha value is -0.900. The van der Waals surface area contributed by atoms with E-state index in [0.29, 0.717) is 6.42 Å². The van der Waals surface area contributed by atoms with E-state index < -0.39 is 11.9 Å². The van der Waals surface area contributed by atoms with Gasteiger partial charge in [-0.25, -0.2) is 0 Å². The molecule has 0 fully saturated rings. The van der Waals surface area contributed by atoms with Gasteiger partial charge in [-0.15, -0.1) is 0 Å². The van der Waals surface area contributed by atoms with Gasteiger partial charge in [-0.1, -0.05) is 71.1 Å². The monoisotopic (exact) mass is 301 g/mol. The Morgan fingerprint density at radius 1 is 0.810 bits per heavy atom. The zero-order valence-corrected chi connectivity index (χ0v) is 14.0. The lowest BCUT2D eigenvalue weighted by Gasteiger charge is -2.05. The lowest BCUT2D eigenvalue weighted by Crippen LogP contribution is -2.20. The van der Waals surface area contributed by atoms with Crippen molar-refractivity contribution in [1.29, 1.82) is 0 Å². The molecule has 4 N–H and O–H groups in total. The molecule has 0 bridgehead atoms. The molecule has 0 spiro atoms. The van der Waals surface area contributed by atoms with E-state index >= 15 is 0 Å². The van der Waals surface area contributed by atoms with E-state index in [1.165, 1.54) is 64.7 Å². The van der Waals surface area contributed by atoms with Gasteiger partial charge in [0.25, 0.3) is 0 Å². The van der Waals surface area contributed by atoms with Gasteiger partial charge < -0.3 is 11.3 Å². The van der Waals surface area contributed by atoms with Crippen LogP contribution in [-0.4, -0.2) is 16.9 Å². The molecule has 0 aliphatic rings. The van der Waals surface area contributed by atoms with E-state index in [9.17, 15) is 9.59 Å². The third-order valence-electron chi connectivity index (χ3n) is 3.88. The second kappa shape index (κ2) is 15.5. The van der Waals surface area contributed by atoms with Crippen LogP contribution in [-0.2, 0) is 9.59 Å². The van der Waals surface area contributed by atoms with Crippen LogP contribution in [0.3, 0.4) is 0 Å². The maximum Gasteiger partial charge on any atom is 0.313 e. The molecule has 4 nitrogen and oxygen atoms in total. The van der Waals surface area contributed by atoms with Crippen LogP contribution in [0.1, 0.15) is 90.9 Å². The number of carbonyl (C=O) groups excluding carboxylic acids is 1. The highest BCUT2D eigenvalue weighted by Crippen LogP contribution is 2.13. The molecule has 0 amide bonds. The molecule has 0 aromatic rings. The van der Waals surface area contributed by atoms with Crippen molar-refractivity contribution in [3.8, 4) is 0 Å². The van der Waals surface area contributed by atoms with Gasteiger partial charge in [0, 0.05) is 6.42 Å². The van der Waals surface area contributed by atoms with Crippen LogP contribution in [0.25, 0.3) is 0 Å². The van der Waals surface area contributed by atoms with Crippen LogP contribution in [0.4, 0.5) is 0 Å². The Bertz CT molecular complexity index is 267. The molecule has 1 atom stereocenters. The van der Waals surface area contributed by atoms with Crippen LogP contribution < -0.4 is 6.15 Å². The minimum absolute atomic E-state index is 0. The van der Waals surface area contributed by atoms with Crippen molar-refractivity contribution in [1.82, 2.24) is 6.15 Å². The number of unbranched alkanes of at least 4 members (excludes halogenated alkanes) is 10. The summed E-state index contributed by atoms with van der Waals surface area (Å²) in [5, 5.41) is 8.71. The maximum absolute atomic E-state index is 11.5. The first-order chi connectivity index (χ1) is 9.59. The molecular weight excluding hydrogens is 266 g/mol. The number of hydrogen-bond donors (Lipinski definition) is 2. The Kier molecular flexibility index (Phi) is 16.5. The summed E-state index contributed by atoms with van der Waals surface area (Å²) in [6.07, 6.45) is 14.1. The molecule has 126 valence electrons. The number of carboxylic acids is 1. The average Bonchev–Trinajstić information content (AvgIpc) is 2.43. The van der Waals surface area contributed by atoms with E-state index in [2.05, 4.69) is 6.92 Å². The molecule has 0 heterocycles. The number of ketones is 1. The molecule has 21 heavy (non-hydrogen) atoms. The highest BCUT2D eigenvalue weighted by atomic mass is 16.4. The van der Waals surface area contributed by atoms with Crippen LogP contribution in [0.5, 0.6) is 0 Å².